The molecule has 0 fully saturated rings. The van der Waals surface area contributed by atoms with Crippen LogP contribution >= 0.6 is 11.6 Å². The van der Waals surface area contributed by atoms with Gasteiger partial charge in [0.1, 0.15) is 12.0 Å². The summed E-state index contributed by atoms with van der Waals surface area (Å²) in [4.78, 5) is 10.2. The number of carbonyl (C=O) groups is 1. The van der Waals surface area contributed by atoms with Crippen molar-refractivity contribution >= 4 is 29.7 Å². The van der Waals surface area contributed by atoms with E-state index in [-0.39, 0.29) is 0 Å². The standard InChI is InChI=1S/C11H12ClNO2/c1-13-10-7-11(15-2)9(12)6-8(10)4-3-5-14/h3-7,13H,1-2H3. The second-order valence-corrected chi connectivity index (χ2v) is 3.23. The van der Waals surface area contributed by atoms with Crippen LogP contribution in [0, 0.1) is 0 Å². The fourth-order valence-corrected chi connectivity index (χ4v) is 1.47. The molecule has 0 amide bonds. The molecule has 0 aliphatic heterocycles. The van der Waals surface area contributed by atoms with Gasteiger partial charge in [-0.25, -0.2) is 0 Å². The molecule has 0 unspecified atom stereocenters. The van der Waals surface area contributed by atoms with Gasteiger partial charge >= 0.3 is 0 Å². The van der Waals surface area contributed by atoms with E-state index >= 15 is 0 Å². The van der Waals surface area contributed by atoms with E-state index in [4.69, 9.17) is 16.3 Å². The summed E-state index contributed by atoms with van der Waals surface area (Å²) in [6, 6.07) is 3.53. The average molecular weight is 226 g/mol. The van der Waals surface area contributed by atoms with Gasteiger partial charge in [-0.15, -0.1) is 0 Å². The van der Waals surface area contributed by atoms with Crippen LogP contribution in [0.2, 0.25) is 5.02 Å². The number of aldehydes is 1. The molecule has 1 rings (SSSR count). The molecule has 0 heterocycles. The Hall–Kier alpha value is -1.48. The molecule has 15 heavy (non-hydrogen) atoms. The van der Waals surface area contributed by atoms with Crippen molar-refractivity contribution in [3.63, 3.8) is 0 Å². The number of benzene rings is 1. The lowest BCUT2D eigenvalue weighted by Crippen LogP contribution is -1.94. The maximum absolute atomic E-state index is 10.2. The number of hydrogen-bond donors (Lipinski definition) is 1. The zero-order valence-electron chi connectivity index (χ0n) is 8.58. The van der Waals surface area contributed by atoms with Crippen molar-refractivity contribution in [2.75, 3.05) is 19.5 Å². The second-order valence-electron chi connectivity index (χ2n) is 2.82. The quantitative estimate of drug-likeness (QED) is 0.632. The predicted octanol–water partition coefficient (Wildman–Crippen LogP) is 2.60. The lowest BCUT2D eigenvalue weighted by Gasteiger charge is -2.09. The van der Waals surface area contributed by atoms with Crippen LogP contribution in [-0.2, 0) is 4.79 Å². The Bertz CT molecular complexity index is 388. The molecule has 4 heteroatoms. The van der Waals surface area contributed by atoms with Crippen LogP contribution in [0.3, 0.4) is 0 Å². The number of allylic oxidation sites excluding steroid dienone is 1. The van der Waals surface area contributed by atoms with E-state index in [1.807, 2.05) is 0 Å². The van der Waals surface area contributed by atoms with Crippen molar-refractivity contribution in [1.82, 2.24) is 0 Å². The monoisotopic (exact) mass is 225 g/mol. The van der Waals surface area contributed by atoms with Gasteiger partial charge in [-0.1, -0.05) is 11.6 Å². The second kappa shape index (κ2) is 5.41. The van der Waals surface area contributed by atoms with Crippen molar-refractivity contribution in [1.29, 1.82) is 0 Å². The number of methoxy groups -OCH3 is 1. The van der Waals surface area contributed by atoms with E-state index in [1.54, 1.807) is 32.4 Å². The topological polar surface area (TPSA) is 38.3 Å². The summed E-state index contributed by atoms with van der Waals surface area (Å²) in [6.45, 7) is 0. The van der Waals surface area contributed by atoms with Gasteiger partial charge in [-0.2, -0.15) is 0 Å². The highest BCUT2D eigenvalue weighted by Gasteiger charge is 2.05. The highest BCUT2D eigenvalue weighted by atomic mass is 35.5. The van der Waals surface area contributed by atoms with E-state index in [1.165, 1.54) is 6.08 Å². The molecule has 0 aromatic heterocycles. The first kappa shape index (κ1) is 11.6. The molecular weight excluding hydrogens is 214 g/mol. The zero-order chi connectivity index (χ0) is 11.3. The lowest BCUT2D eigenvalue weighted by molar-refractivity contribution is -0.104. The normalized spacial score (nSPS) is 10.3. The highest BCUT2D eigenvalue weighted by molar-refractivity contribution is 6.32. The molecule has 3 nitrogen and oxygen atoms in total. The predicted molar refractivity (Wildman–Crippen MR) is 62.6 cm³/mol. The molecule has 0 bridgehead atoms. The fourth-order valence-electron chi connectivity index (χ4n) is 1.22. The van der Waals surface area contributed by atoms with Gasteiger partial charge in [-0.3, -0.25) is 4.79 Å². The third kappa shape index (κ3) is 2.73. The average Bonchev–Trinajstić information content (AvgIpc) is 2.26. The molecule has 1 aromatic rings. The molecule has 0 radical (unpaired) electrons. The number of nitrogens with one attached hydrogen (secondary N) is 1. The zero-order valence-corrected chi connectivity index (χ0v) is 9.34. The van der Waals surface area contributed by atoms with Crippen molar-refractivity contribution in [3.05, 3.63) is 28.8 Å². The van der Waals surface area contributed by atoms with Crippen LogP contribution in [0.4, 0.5) is 5.69 Å². The summed E-state index contributed by atoms with van der Waals surface area (Å²) in [7, 11) is 3.35. The first-order valence-corrected chi connectivity index (χ1v) is 4.78. The van der Waals surface area contributed by atoms with E-state index in [2.05, 4.69) is 5.32 Å². The number of ether oxygens (including phenoxy) is 1. The molecule has 0 aliphatic rings. The van der Waals surface area contributed by atoms with Crippen LogP contribution in [0.15, 0.2) is 18.2 Å². The van der Waals surface area contributed by atoms with Crippen molar-refractivity contribution in [2.45, 2.75) is 0 Å². The van der Waals surface area contributed by atoms with Gasteiger partial charge < -0.3 is 10.1 Å². The van der Waals surface area contributed by atoms with Gasteiger partial charge in [0, 0.05) is 18.8 Å². The van der Waals surface area contributed by atoms with Crippen LogP contribution in [-0.4, -0.2) is 20.4 Å². The SMILES string of the molecule is CNc1cc(OC)c(Cl)cc1C=CC=O. The number of carbonyl (C=O) groups excluding carboxylic acids is 1. The molecular formula is C11H12ClNO2. The Labute approximate surface area is 93.7 Å². The molecule has 1 N–H and O–H groups in total. The van der Waals surface area contributed by atoms with Crippen molar-refractivity contribution in [2.24, 2.45) is 0 Å². The molecule has 0 atom stereocenters. The molecule has 80 valence electrons. The van der Waals surface area contributed by atoms with Gasteiger partial charge in [-0.05, 0) is 23.8 Å². The van der Waals surface area contributed by atoms with Crippen LogP contribution < -0.4 is 10.1 Å². The highest BCUT2D eigenvalue weighted by Crippen LogP contribution is 2.31. The smallest absolute Gasteiger partial charge is 0.142 e. The summed E-state index contributed by atoms with van der Waals surface area (Å²) in [5.41, 5.74) is 1.70. The third-order valence-electron chi connectivity index (χ3n) is 1.95. The molecule has 0 aliphatic carbocycles. The summed E-state index contributed by atoms with van der Waals surface area (Å²) < 4.78 is 5.08. The minimum Gasteiger partial charge on any atom is -0.495 e. The Balaban J connectivity index is 3.20. The summed E-state index contributed by atoms with van der Waals surface area (Å²) in [5, 5.41) is 3.52. The maximum atomic E-state index is 10.2. The van der Waals surface area contributed by atoms with Crippen molar-refractivity contribution in [3.8, 4) is 5.75 Å². The first-order chi connectivity index (χ1) is 7.22. The maximum Gasteiger partial charge on any atom is 0.142 e. The summed E-state index contributed by atoms with van der Waals surface area (Å²) in [5.74, 6) is 0.601. The Morgan fingerprint density at radius 3 is 2.73 bits per heavy atom. The Kier molecular flexibility index (Phi) is 4.18. The fraction of sp³-hybridized carbons (Fsp3) is 0.182. The van der Waals surface area contributed by atoms with E-state index in [0.29, 0.717) is 10.8 Å². The largest absolute Gasteiger partial charge is 0.495 e. The van der Waals surface area contributed by atoms with E-state index in [0.717, 1.165) is 17.5 Å². The third-order valence-corrected chi connectivity index (χ3v) is 2.24. The van der Waals surface area contributed by atoms with E-state index < -0.39 is 0 Å². The van der Waals surface area contributed by atoms with Gasteiger partial charge in [0.25, 0.3) is 0 Å². The number of hydrogen-bond acceptors (Lipinski definition) is 3. The molecule has 1 aromatic carbocycles. The number of anilines is 1. The number of rotatable bonds is 4. The Morgan fingerprint density at radius 1 is 1.47 bits per heavy atom. The first-order valence-electron chi connectivity index (χ1n) is 4.40. The molecule has 0 saturated carbocycles. The minimum absolute atomic E-state index is 0.516. The van der Waals surface area contributed by atoms with Crippen LogP contribution in [0.5, 0.6) is 5.75 Å². The van der Waals surface area contributed by atoms with Crippen LogP contribution in [0.1, 0.15) is 5.56 Å². The minimum atomic E-state index is 0.516. The molecule has 0 spiro atoms. The van der Waals surface area contributed by atoms with Gasteiger partial charge in [0.2, 0.25) is 0 Å². The van der Waals surface area contributed by atoms with Crippen molar-refractivity contribution < 1.29 is 9.53 Å². The number of halogens is 1. The summed E-state index contributed by atoms with van der Waals surface area (Å²) in [6.07, 6.45) is 3.82. The Morgan fingerprint density at radius 2 is 2.20 bits per heavy atom. The summed E-state index contributed by atoms with van der Waals surface area (Å²) >= 11 is 5.96. The van der Waals surface area contributed by atoms with Crippen LogP contribution in [0.25, 0.3) is 6.08 Å². The van der Waals surface area contributed by atoms with Gasteiger partial charge in [0.05, 0.1) is 12.1 Å². The molecule has 0 saturated heterocycles. The van der Waals surface area contributed by atoms with E-state index in [9.17, 15) is 4.79 Å². The lowest BCUT2D eigenvalue weighted by atomic mass is 10.1. The van der Waals surface area contributed by atoms with Gasteiger partial charge in [0.15, 0.2) is 0 Å².